The molecule has 0 aromatic rings. The molecule has 6 unspecified atom stereocenters. The summed E-state index contributed by atoms with van der Waals surface area (Å²) in [5.74, 6) is 6.31. The number of hydrogen-bond acceptors (Lipinski definition) is 1. The van der Waals surface area contributed by atoms with Crippen LogP contribution in [0.25, 0.3) is 0 Å². The predicted molar refractivity (Wildman–Crippen MR) is 57.1 cm³/mol. The summed E-state index contributed by atoms with van der Waals surface area (Å²) in [6.45, 7) is 0. The summed E-state index contributed by atoms with van der Waals surface area (Å²) in [7, 11) is 0. The van der Waals surface area contributed by atoms with Crippen LogP contribution in [-0.2, 0) is 0 Å². The number of hydrogen-bond donors (Lipinski definition) is 1. The number of aliphatic hydroxyl groups is 1. The van der Waals surface area contributed by atoms with Gasteiger partial charge in [0.1, 0.15) is 0 Å². The van der Waals surface area contributed by atoms with Gasteiger partial charge in [-0.25, -0.2) is 0 Å². The van der Waals surface area contributed by atoms with Crippen molar-refractivity contribution in [1.29, 1.82) is 0 Å². The molecular weight excluding hydrogens is 184 g/mol. The van der Waals surface area contributed by atoms with E-state index in [0.29, 0.717) is 0 Å². The first kappa shape index (κ1) is 8.11. The van der Waals surface area contributed by atoms with E-state index >= 15 is 0 Å². The van der Waals surface area contributed by atoms with Crippen molar-refractivity contribution in [3.05, 3.63) is 0 Å². The lowest BCUT2D eigenvalue weighted by molar-refractivity contribution is -0.287. The molecule has 15 heavy (non-hydrogen) atoms. The lowest BCUT2D eigenvalue weighted by atomic mass is 9.34. The second-order valence-corrected chi connectivity index (χ2v) is 7.31. The SMILES string of the molecule is OC12CC3CC4C5CC(CC41)C[C@H]2[C@@H]5C3. The van der Waals surface area contributed by atoms with Gasteiger partial charge in [0.25, 0.3) is 0 Å². The number of rotatable bonds is 0. The first-order valence-corrected chi connectivity index (χ1v) is 6.98. The molecule has 7 fully saturated rings. The summed E-state index contributed by atoms with van der Waals surface area (Å²) in [5.41, 5.74) is -0.177. The van der Waals surface area contributed by atoms with E-state index < -0.39 is 0 Å². The highest BCUT2D eigenvalue weighted by molar-refractivity contribution is 5.19. The molecule has 0 amide bonds. The third-order valence-electron chi connectivity index (χ3n) is 7.02. The Balaban J connectivity index is 1.73. The summed E-state index contributed by atoms with van der Waals surface area (Å²) < 4.78 is 0. The van der Waals surface area contributed by atoms with E-state index in [1.54, 1.807) is 0 Å². The average Bonchev–Trinajstić information content (AvgIpc) is 2.24. The van der Waals surface area contributed by atoms with Crippen LogP contribution in [0.5, 0.6) is 0 Å². The second kappa shape index (κ2) is 2.16. The first-order chi connectivity index (χ1) is 7.25. The van der Waals surface area contributed by atoms with Crippen LogP contribution >= 0.6 is 0 Å². The standard InChI is InChI=1S/C14H20O/c15-14-6-8-2-10-9-1-7(4-12(10)14)5-13(14)11(9)3-8/h7-13,15H,1-6H2/t7?,8?,9?,10-,11?,12+,13?,14?/m1/s1. The molecule has 0 aliphatic heterocycles. The Labute approximate surface area is 91.2 Å². The third-order valence-corrected chi connectivity index (χ3v) is 7.02. The molecule has 7 aliphatic rings. The van der Waals surface area contributed by atoms with Crippen LogP contribution in [-0.4, -0.2) is 10.7 Å². The van der Waals surface area contributed by atoms with Crippen LogP contribution < -0.4 is 0 Å². The van der Waals surface area contributed by atoms with Crippen molar-refractivity contribution in [2.24, 2.45) is 41.4 Å². The van der Waals surface area contributed by atoms with Crippen molar-refractivity contribution in [3.63, 3.8) is 0 Å². The Kier molecular flexibility index (Phi) is 1.17. The van der Waals surface area contributed by atoms with Crippen LogP contribution in [0.2, 0.25) is 0 Å². The molecule has 7 rings (SSSR count). The molecule has 7 aliphatic carbocycles. The fraction of sp³-hybridized carbons (Fsp3) is 1.00. The van der Waals surface area contributed by atoms with Crippen LogP contribution in [0.1, 0.15) is 38.5 Å². The fourth-order valence-electron chi connectivity index (χ4n) is 6.91. The molecule has 1 heteroatoms. The van der Waals surface area contributed by atoms with Crippen molar-refractivity contribution < 1.29 is 5.11 Å². The zero-order valence-corrected chi connectivity index (χ0v) is 9.23. The maximum absolute atomic E-state index is 11.0. The van der Waals surface area contributed by atoms with Gasteiger partial charge in [-0.2, -0.15) is 0 Å². The smallest absolute Gasteiger partial charge is 0.0712 e. The maximum Gasteiger partial charge on any atom is 0.0712 e. The zero-order valence-electron chi connectivity index (χ0n) is 9.23. The molecule has 7 saturated carbocycles. The van der Waals surface area contributed by atoms with E-state index in [1.165, 1.54) is 38.5 Å². The van der Waals surface area contributed by atoms with Gasteiger partial charge >= 0.3 is 0 Å². The van der Waals surface area contributed by atoms with Crippen molar-refractivity contribution in [2.75, 3.05) is 0 Å². The van der Waals surface area contributed by atoms with E-state index in [0.717, 1.165) is 41.4 Å². The quantitative estimate of drug-likeness (QED) is 0.642. The van der Waals surface area contributed by atoms with Gasteiger partial charge in [-0.3, -0.25) is 0 Å². The molecule has 1 N–H and O–H groups in total. The van der Waals surface area contributed by atoms with E-state index in [1.807, 2.05) is 0 Å². The molecule has 1 nitrogen and oxygen atoms in total. The Morgan fingerprint density at radius 2 is 1.33 bits per heavy atom. The summed E-state index contributed by atoms with van der Waals surface area (Å²) >= 11 is 0. The van der Waals surface area contributed by atoms with Crippen molar-refractivity contribution in [2.45, 2.75) is 44.1 Å². The molecule has 0 aromatic carbocycles. The lowest BCUT2D eigenvalue weighted by Gasteiger charge is -2.72. The molecule has 0 spiro atoms. The summed E-state index contributed by atoms with van der Waals surface area (Å²) in [6, 6.07) is 0. The van der Waals surface area contributed by atoms with Crippen LogP contribution in [0.4, 0.5) is 0 Å². The normalized spacial score (nSPS) is 73.0. The molecule has 8 bridgehead atoms. The van der Waals surface area contributed by atoms with Gasteiger partial charge < -0.3 is 5.11 Å². The van der Waals surface area contributed by atoms with Gasteiger partial charge in [-0.05, 0) is 80.0 Å². The first-order valence-electron chi connectivity index (χ1n) is 6.98. The van der Waals surface area contributed by atoms with E-state index in [9.17, 15) is 5.11 Å². The van der Waals surface area contributed by atoms with Crippen molar-refractivity contribution in [3.8, 4) is 0 Å². The highest BCUT2D eigenvalue weighted by Gasteiger charge is 2.69. The molecule has 0 heterocycles. The fourth-order valence-corrected chi connectivity index (χ4v) is 6.91. The van der Waals surface area contributed by atoms with Crippen LogP contribution in [0.3, 0.4) is 0 Å². The van der Waals surface area contributed by atoms with Gasteiger partial charge in [0.15, 0.2) is 0 Å². The topological polar surface area (TPSA) is 20.2 Å². The van der Waals surface area contributed by atoms with Crippen LogP contribution in [0, 0.1) is 41.4 Å². The zero-order chi connectivity index (χ0) is 9.78. The average molecular weight is 204 g/mol. The predicted octanol–water partition coefficient (Wildman–Crippen LogP) is 2.44. The molecular formula is C14H20O. The Morgan fingerprint density at radius 3 is 2.00 bits per heavy atom. The van der Waals surface area contributed by atoms with Crippen LogP contribution in [0.15, 0.2) is 0 Å². The highest BCUT2D eigenvalue weighted by Crippen LogP contribution is 2.72. The summed E-state index contributed by atoms with van der Waals surface area (Å²) in [6.07, 6.45) is 8.43. The van der Waals surface area contributed by atoms with E-state index in [4.69, 9.17) is 0 Å². The highest BCUT2D eigenvalue weighted by atomic mass is 16.3. The molecule has 0 radical (unpaired) electrons. The summed E-state index contributed by atoms with van der Waals surface area (Å²) in [4.78, 5) is 0. The molecule has 8 atom stereocenters. The molecule has 0 saturated heterocycles. The largest absolute Gasteiger partial charge is 0.389 e. The Hall–Kier alpha value is -0.0400. The van der Waals surface area contributed by atoms with Gasteiger partial charge in [0, 0.05) is 0 Å². The second-order valence-electron chi connectivity index (χ2n) is 7.31. The van der Waals surface area contributed by atoms with Crippen molar-refractivity contribution >= 4 is 0 Å². The molecule has 0 aromatic heterocycles. The minimum atomic E-state index is -0.177. The minimum absolute atomic E-state index is 0.177. The van der Waals surface area contributed by atoms with E-state index in [-0.39, 0.29) is 5.60 Å². The monoisotopic (exact) mass is 204 g/mol. The lowest BCUT2D eigenvalue weighted by Crippen LogP contribution is -2.71. The van der Waals surface area contributed by atoms with Gasteiger partial charge in [0.05, 0.1) is 5.60 Å². The minimum Gasteiger partial charge on any atom is -0.389 e. The van der Waals surface area contributed by atoms with Crippen molar-refractivity contribution in [1.82, 2.24) is 0 Å². The Bertz CT molecular complexity index is 312. The maximum atomic E-state index is 11.0. The van der Waals surface area contributed by atoms with Gasteiger partial charge in [-0.15, -0.1) is 0 Å². The Morgan fingerprint density at radius 1 is 0.733 bits per heavy atom. The van der Waals surface area contributed by atoms with E-state index in [2.05, 4.69) is 0 Å². The van der Waals surface area contributed by atoms with Gasteiger partial charge in [-0.1, -0.05) is 0 Å². The molecule has 82 valence electrons. The third kappa shape index (κ3) is 0.712. The summed E-state index contributed by atoms with van der Waals surface area (Å²) in [5, 5.41) is 11.0. The van der Waals surface area contributed by atoms with Gasteiger partial charge in [0.2, 0.25) is 0 Å².